The number of ether oxygens (including phenoxy) is 3. The van der Waals surface area contributed by atoms with Crippen LogP contribution < -0.4 is 10.6 Å². The fourth-order valence-electron chi connectivity index (χ4n) is 3.64. The minimum atomic E-state index is -1.79. The third kappa shape index (κ3) is 1.98. The molecule has 8 heteroatoms. The molecule has 2 aliphatic rings. The molecule has 0 fully saturated rings. The summed E-state index contributed by atoms with van der Waals surface area (Å²) in [5, 5.41) is 0. The van der Waals surface area contributed by atoms with Crippen molar-refractivity contribution in [2.75, 3.05) is 26.2 Å². The summed E-state index contributed by atoms with van der Waals surface area (Å²) in [5.74, 6) is -2.39. The van der Waals surface area contributed by atoms with Crippen LogP contribution >= 0.6 is 0 Å². The molecule has 1 unspecified atom stereocenters. The number of benzene rings is 1. The molecule has 0 saturated heterocycles. The summed E-state index contributed by atoms with van der Waals surface area (Å²) >= 11 is 0. The first kappa shape index (κ1) is 17.5. The molecule has 26 heavy (non-hydrogen) atoms. The number of hydrogen-bond acceptors (Lipinski definition) is 7. The number of amides is 1. The Morgan fingerprint density at radius 3 is 2.31 bits per heavy atom. The number of anilines is 1. The molecule has 0 bridgehead atoms. The average Bonchev–Trinajstić information content (AvgIpc) is 2.84. The van der Waals surface area contributed by atoms with E-state index in [-0.39, 0.29) is 22.8 Å². The molecule has 2 heterocycles. The molecular formula is C18H18N2O6. The number of fused-ring (bicyclic) bond motifs is 2. The summed E-state index contributed by atoms with van der Waals surface area (Å²) in [4.78, 5) is 40.0. The van der Waals surface area contributed by atoms with Crippen LogP contribution in [0, 0.1) is 0 Å². The molecule has 1 aromatic carbocycles. The van der Waals surface area contributed by atoms with Crippen molar-refractivity contribution in [3.05, 3.63) is 52.6 Å². The molecular weight excluding hydrogens is 340 g/mol. The van der Waals surface area contributed by atoms with E-state index < -0.39 is 23.3 Å². The third-order valence-corrected chi connectivity index (χ3v) is 4.69. The van der Waals surface area contributed by atoms with Gasteiger partial charge in [0.15, 0.2) is 0 Å². The highest BCUT2D eigenvalue weighted by atomic mass is 16.5. The van der Waals surface area contributed by atoms with Crippen LogP contribution in [0.25, 0.3) is 0 Å². The number of nitrogens with zero attached hydrogens (tertiary/aromatic N) is 1. The number of esters is 2. The fourth-order valence-corrected chi connectivity index (χ4v) is 3.64. The highest BCUT2D eigenvalue weighted by Crippen LogP contribution is 2.54. The van der Waals surface area contributed by atoms with Crippen LogP contribution in [0.1, 0.15) is 12.5 Å². The zero-order valence-corrected chi connectivity index (χ0v) is 14.8. The quantitative estimate of drug-likeness (QED) is 0.776. The number of carbonyl (C=O) groups excluding carboxylic acids is 3. The standard InChI is InChI=1S/C18H18N2O6/c1-9-12(15(21)24-3)18(13(14(19)26-9)16(22)25-4)10-7-5-6-8-11(10)20(2)17(18)23/h5-8H,19H2,1-4H3. The first-order valence-corrected chi connectivity index (χ1v) is 7.76. The number of nitrogens with two attached hydrogens (primary N) is 1. The van der Waals surface area contributed by atoms with Gasteiger partial charge in [0.25, 0.3) is 0 Å². The van der Waals surface area contributed by atoms with Crippen LogP contribution in [0.15, 0.2) is 47.1 Å². The van der Waals surface area contributed by atoms with Gasteiger partial charge >= 0.3 is 11.9 Å². The lowest BCUT2D eigenvalue weighted by molar-refractivity contribution is -0.141. The first-order valence-electron chi connectivity index (χ1n) is 7.76. The molecule has 8 nitrogen and oxygen atoms in total. The molecule has 0 radical (unpaired) electrons. The number of rotatable bonds is 2. The van der Waals surface area contributed by atoms with Gasteiger partial charge in [-0.2, -0.15) is 0 Å². The first-order chi connectivity index (χ1) is 12.3. The molecule has 0 aromatic heterocycles. The van der Waals surface area contributed by atoms with Gasteiger partial charge < -0.3 is 24.8 Å². The van der Waals surface area contributed by atoms with E-state index in [1.807, 2.05) is 0 Å². The van der Waals surface area contributed by atoms with Crippen molar-refractivity contribution in [3.63, 3.8) is 0 Å². The fraction of sp³-hybridized carbons (Fsp3) is 0.278. The van der Waals surface area contributed by atoms with Crippen LogP contribution in [-0.2, 0) is 34.0 Å². The Labute approximate surface area is 149 Å². The smallest absolute Gasteiger partial charge is 0.340 e. The zero-order valence-electron chi connectivity index (χ0n) is 14.8. The topological polar surface area (TPSA) is 108 Å². The highest BCUT2D eigenvalue weighted by molar-refractivity contribution is 6.22. The lowest BCUT2D eigenvalue weighted by Crippen LogP contribution is -2.50. The Hall–Kier alpha value is -3.29. The van der Waals surface area contributed by atoms with Gasteiger partial charge in [-0.3, -0.25) is 4.79 Å². The van der Waals surface area contributed by atoms with Gasteiger partial charge in [-0.15, -0.1) is 0 Å². The van der Waals surface area contributed by atoms with E-state index in [4.69, 9.17) is 19.9 Å². The highest BCUT2D eigenvalue weighted by Gasteiger charge is 2.63. The molecule has 2 N–H and O–H groups in total. The molecule has 1 amide bonds. The van der Waals surface area contributed by atoms with Crippen molar-refractivity contribution in [2.45, 2.75) is 12.3 Å². The number of hydrogen-bond donors (Lipinski definition) is 1. The average molecular weight is 358 g/mol. The number of carbonyl (C=O) groups is 3. The number of para-hydroxylation sites is 1. The van der Waals surface area contributed by atoms with Gasteiger partial charge in [0, 0.05) is 18.3 Å². The van der Waals surface area contributed by atoms with Crippen LogP contribution in [0.2, 0.25) is 0 Å². The second-order valence-electron chi connectivity index (χ2n) is 5.89. The van der Waals surface area contributed by atoms with Crippen LogP contribution in [0.5, 0.6) is 0 Å². The normalized spacial score (nSPS) is 21.7. The molecule has 1 atom stereocenters. The largest absolute Gasteiger partial charge is 0.466 e. The van der Waals surface area contributed by atoms with Gasteiger partial charge in [0.2, 0.25) is 11.8 Å². The van der Waals surface area contributed by atoms with E-state index in [1.165, 1.54) is 18.9 Å². The van der Waals surface area contributed by atoms with E-state index in [2.05, 4.69) is 0 Å². The Balaban J connectivity index is 2.48. The predicted octanol–water partition coefficient (Wildman–Crippen LogP) is 0.721. The minimum Gasteiger partial charge on any atom is -0.466 e. The van der Waals surface area contributed by atoms with Gasteiger partial charge in [0.1, 0.15) is 22.3 Å². The van der Waals surface area contributed by atoms with Crippen LogP contribution in [0.4, 0.5) is 5.69 Å². The summed E-state index contributed by atoms with van der Waals surface area (Å²) in [5.41, 5.74) is 4.81. The molecule has 1 spiro atoms. The van der Waals surface area contributed by atoms with Crippen molar-refractivity contribution in [1.82, 2.24) is 0 Å². The number of methoxy groups -OCH3 is 2. The third-order valence-electron chi connectivity index (χ3n) is 4.69. The van der Waals surface area contributed by atoms with Crippen LogP contribution in [-0.4, -0.2) is 39.1 Å². The molecule has 136 valence electrons. The Morgan fingerprint density at radius 2 is 1.69 bits per heavy atom. The van der Waals surface area contributed by atoms with E-state index in [0.29, 0.717) is 11.3 Å². The molecule has 2 aliphatic heterocycles. The Bertz CT molecular complexity index is 861. The lowest BCUT2D eigenvalue weighted by atomic mass is 9.67. The van der Waals surface area contributed by atoms with Gasteiger partial charge in [-0.1, -0.05) is 18.2 Å². The van der Waals surface area contributed by atoms with E-state index in [1.54, 1.807) is 31.3 Å². The van der Waals surface area contributed by atoms with E-state index >= 15 is 0 Å². The van der Waals surface area contributed by atoms with Crippen molar-refractivity contribution in [3.8, 4) is 0 Å². The summed E-state index contributed by atoms with van der Waals surface area (Å²) in [6, 6.07) is 6.83. The lowest BCUT2D eigenvalue weighted by Gasteiger charge is -2.35. The second-order valence-corrected chi connectivity index (χ2v) is 5.89. The predicted molar refractivity (Wildman–Crippen MR) is 90.6 cm³/mol. The van der Waals surface area contributed by atoms with Crippen molar-refractivity contribution >= 4 is 23.5 Å². The maximum Gasteiger partial charge on any atom is 0.340 e. The Morgan fingerprint density at radius 1 is 1.12 bits per heavy atom. The van der Waals surface area contributed by atoms with Crippen molar-refractivity contribution in [1.29, 1.82) is 0 Å². The monoisotopic (exact) mass is 358 g/mol. The molecule has 1 aromatic rings. The van der Waals surface area contributed by atoms with Gasteiger partial charge in [0.05, 0.1) is 14.2 Å². The van der Waals surface area contributed by atoms with Gasteiger partial charge in [-0.05, 0) is 13.0 Å². The number of likely N-dealkylation sites (N-methyl/N-ethyl adjacent to an activating group) is 1. The second kappa shape index (κ2) is 5.91. The molecule has 0 saturated carbocycles. The Kier molecular flexibility index (Phi) is 3.98. The summed E-state index contributed by atoms with van der Waals surface area (Å²) in [6.45, 7) is 1.49. The summed E-state index contributed by atoms with van der Waals surface area (Å²) in [7, 11) is 3.90. The van der Waals surface area contributed by atoms with Crippen molar-refractivity contribution in [2.24, 2.45) is 5.73 Å². The van der Waals surface area contributed by atoms with Crippen LogP contribution in [0.3, 0.4) is 0 Å². The zero-order chi connectivity index (χ0) is 19.2. The van der Waals surface area contributed by atoms with Crippen molar-refractivity contribution < 1.29 is 28.6 Å². The summed E-state index contributed by atoms with van der Waals surface area (Å²) < 4.78 is 15.1. The SMILES string of the molecule is COC(=O)C1=C(C)OC(N)=C(C(=O)OC)C12C(=O)N(C)c1ccccc12. The van der Waals surface area contributed by atoms with E-state index in [0.717, 1.165) is 7.11 Å². The maximum atomic E-state index is 13.4. The summed E-state index contributed by atoms with van der Waals surface area (Å²) in [6.07, 6.45) is 0. The van der Waals surface area contributed by atoms with Gasteiger partial charge in [-0.25, -0.2) is 9.59 Å². The maximum absolute atomic E-state index is 13.4. The number of allylic oxidation sites excluding steroid dienone is 1. The van der Waals surface area contributed by atoms with E-state index in [9.17, 15) is 14.4 Å². The molecule has 3 rings (SSSR count). The molecule has 0 aliphatic carbocycles. The minimum absolute atomic E-state index is 0.0838.